The van der Waals surface area contributed by atoms with Crippen LogP contribution in [0, 0.1) is 5.92 Å². The maximum Gasteiger partial charge on any atom is 0.255 e. The molecule has 1 N–H and O–H groups in total. The Morgan fingerprint density at radius 1 is 1.15 bits per heavy atom. The fraction of sp³-hybridized carbons (Fsp3) is 0.409. The molecule has 0 saturated carbocycles. The van der Waals surface area contributed by atoms with Gasteiger partial charge in [0.2, 0.25) is 0 Å². The Hall–Kier alpha value is -2.53. The highest BCUT2D eigenvalue weighted by atomic mass is 16.5. The molecule has 5 heteroatoms. The summed E-state index contributed by atoms with van der Waals surface area (Å²) in [6.45, 7) is 6.14. The molecule has 1 fully saturated rings. The van der Waals surface area contributed by atoms with E-state index in [1.54, 1.807) is 12.1 Å². The van der Waals surface area contributed by atoms with E-state index in [1.807, 2.05) is 36.4 Å². The van der Waals surface area contributed by atoms with Crippen molar-refractivity contribution in [2.45, 2.75) is 32.8 Å². The zero-order valence-electron chi connectivity index (χ0n) is 15.9. The zero-order valence-corrected chi connectivity index (χ0v) is 15.9. The summed E-state index contributed by atoms with van der Waals surface area (Å²) in [5.41, 5.74) is 1.25. The number of amides is 1. The van der Waals surface area contributed by atoms with Crippen molar-refractivity contribution in [2.24, 2.45) is 5.92 Å². The van der Waals surface area contributed by atoms with E-state index in [0.717, 1.165) is 25.2 Å². The number of carbonyl (C=O) groups excluding carboxylic acids is 1. The average molecular weight is 369 g/mol. The normalized spacial score (nSPS) is 16.3. The molecule has 1 unspecified atom stereocenters. The van der Waals surface area contributed by atoms with E-state index in [9.17, 15) is 4.79 Å². The van der Waals surface area contributed by atoms with Gasteiger partial charge in [0.05, 0.1) is 12.7 Å². The lowest BCUT2D eigenvalue weighted by Crippen LogP contribution is -2.16. The van der Waals surface area contributed by atoms with Crippen molar-refractivity contribution in [1.82, 2.24) is 0 Å². The van der Waals surface area contributed by atoms with Crippen LogP contribution in [0.3, 0.4) is 0 Å². The predicted molar refractivity (Wildman–Crippen MR) is 106 cm³/mol. The van der Waals surface area contributed by atoms with Crippen molar-refractivity contribution in [3.05, 3.63) is 54.1 Å². The Labute approximate surface area is 160 Å². The van der Waals surface area contributed by atoms with Gasteiger partial charge in [-0.3, -0.25) is 4.79 Å². The number of hydrogen-bond donors (Lipinski definition) is 1. The van der Waals surface area contributed by atoms with E-state index in [1.165, 1.54) is 0 Å². The lowest BCUT2D eigenvalue weighted by atomic mass is 10.2. The van der Waals surface area contributed by atoms with E-state index < -0.39 is 0 Å². The first-order valence-corrected chi connectivity index (χ1v) is 9.49. The van der Waals surface area contributed by atoms with Crippen LogP contribution in [0.25, 0.3) is 0 Å². The second-order valence-electron chi connectivity index (χ2n) is 7.16. The SMILES string of the molecule is CC(C)COc1cccc(C(=O)Nc2cccc(OCC3CCCO3)c2)c1. The maximum atomic E-state index is 12.6. The first-order chi connectivity index (χ1) is 13.1. The number of rotatable bonds is 8. The molecule has 1 aliphatic rings. The van der Waals surface area contributed by atoms with Gasteiger partial charge in [0.1, 0.15) is 18.1 Å². The topological polar surface area (TPSA) is 56.8 Å². The molecular formula is C22H27NO4. The molecule has 0 radical (unpaired) electrons. The molecule has 2 aromatic carbocycles. The van der Waals surface area contributed by atoms with E-state index in [4.69, 9.17) is 14.2 Å². The average Bonchev–Trinajstić information content (AvgIpc) is 3.19. The molecule has 0 spiro atoms. The zero-order chi connectivity index (χ0) is 19.1. The van der Waals surface area contributed by atoms with E-state index in [-0.39, 0.29) is 12.0 Å². The Morgan fingerprint density at radius 2 is 1.93 bits per heavy atom. The van der Waals surface area contributed by atoms with Crippen molar-refractivity contribution in [1.29, 1.82) is 0 Å². The lowest BCUT2D eigenvalue weighted by Gasteiger charge is -2.13. The summed E-state index contributed by atoms with van der Waals surface area (Å²) in [6, 6.07) is 14.6. The summed E-state index contributed by atoms with van der Waals surface area (Å²) < 4.78 is 17.1. The molecule has 0 aromatic heterocycles. The third-order valence-corrected chi connectivity index (χ3v) is 4.23. The maximum absolute atomic E-state index is 12.6. The minimum atomic E-state index is -0.179. The number of carbonyl (C=O) groups is 1. The molecule has 2 aromatic rings. The number of nitrogens with one attached hydrogen (secondary N) is 1. The van der Waals surface area contributed by atoms with Gasteiger partial charge in [-0.25, -0.2) is 0 Å². The van der Waals surface area contributed by atoms with Crippen LogP contribution in [0.5, 0.6) is 11.5 Å². The third-order valence-electron chi connectivity index (χ3n) is 4.23. The van der Waals surface area contributed by atoms with Crippen LogP contribution in [0.1, 0.15) is 37.0 Å². The van der Waals surface area contributed by atoms with Gasteiger partial charge in [-0.15, -0.1) is 0 Å². The highest BCUT2D eigenvalue weighted by Gasteiger charge is 2.16. The van der Waals surface area contributed by atoms with Crippen LogP contribution in [0.2, 0.25) is 0 Å². The minimum Gasteiger partial charge on any atom is -0.493 e. The quantitative estimate of drug-likeness (QED) is 0.743. The van der Waals surface area contributed by atoms with Gasteiger partial charge < -0.3 is 19.5 Å². The number of anilines is 1. The highest BCUT2D eigenvalue weighted by molar-refractivity contribution is 6.04. The lowest BCUT2D eigenvalue weighted by molar-refractivity contribution is 0.0680. The van der Waals surface area contributed by atoms with Crippen LogP contribution in [0.15, 0.2) is 48.5 Å². The standard InChI is InChI=1S/C22H27NO4/c1-16(2)14-26-19-8-3-6-17(12-19)22(24)23-18-7-4-9-20(13-18)27-15-21-10-5-11-25-21/h3-4,6-9,12-13,16,21H,5,10-11,14-15H2,1-2H3,(H,23,24). The van der Waals surface area contributed by atoms with Gasteiger partial charge >= 0.3 is 0 Å². The van der Waals surface area contributed by atoms with Crippen molar-refractivity contribution < 1.29 is 19.0 Å². The third kappa shape index (κ3) is 6.00. The van der Waals surface area contributed by atoms with Crippen molar-refractivity contribution in [3.8, 4) is 11.5 Å². The first-order valence-electron chi connectivity index (χ1n) is 9.49. The molecule has 144 valence electrons. The molecule has 1 atom stereocenters. The Bertz CT molecular complexity index is 753. The van der Waals surface area contributed by atoms with Gasteiger partial charge in [-0.2, -0.15) is 0 Å². The molecule has 5 nitrogen and oxygen atoms in total. The Balaban J connectivity index is 1.58. The Morgan fingerprint density at radius 3 is 2.67 bits per heavy atom. The second kappa shape index (κ2) is 9.42. The largest absolute Gasteiger partial charge is 0.493 e. The number of ether oxygens (including phenoxy) is 3. The smallest absolute Gasteiger partial charge is 0.255 e. The van der Waals surface area contributed by atoms with Gasteiger partial charge in [0.25, 0.3) is 5.91 Å². The highest BCUT2D eigenvalue weighted by Crippen LogP contribution is 2.21. The van der Waals surface area contributed by atoms with Crippen molar-refractivity contribution >= 4 is 11.6 Å². The van der Waals surface area contributed by atoms with Crippen molar-refractivity contribution in [2.75, 3.05) is 25.1 Å². The van der Waals surface area contributed by atoms with Gasteiger partial charge in [0.15, 0.2) is 0 Å². The summed E-state index contributed by atoms with van der Waals surface area (Å²) in [6.07, 6.45) is 2.28. The molecule has 0 bridgehead atoms. The number of benzene rings is 2. The molecule has 3 rings (SSSR count). The fourth-order valence-electron chi connectivity index (χ4n) is 2.82. The molecule has 1 saturated heterocycles. The van der Waals surface area contributed by atoms with Gasteiger partial charge in [-0.1, -0.05) is 26.0 Å². The molecule has 27 heavy (non-hydrogen) atoms. The van der Waals surface area contributed by atoms with Gasteiger partial charge in [0, 0.05) is 23.9 Å². The Kier molecular flexibility index (Phi) is 6.71. The molecular weight excluding hydrogens is 342 g/mol. The number of hydrogen-bond acceptors (Lipinski definition) is 4. The predicted octanol–water partition coefficient (Wildman–Crippen LogP) is 4.53. The fourth-order valence-corrected chi connectivity index (χ4v) is 2.82. The van der Waals surface area contributed by atoms with Crippen LogP contribution in [-0.4, -0.2) is 31.8 Å². The van der Waals surface area contributed by atoms with Crippen LogP contribution >= 0.6 is 0 Å². The van der Waals surface area contributed by atoms with Crippen LogP contribution in [0.4, 0.5) is 5.69 Å². The molecule has 0 aliphatic carbocycles. The van der Waals surface area contributed by atoms with Crippen LogP contribution < -0.4 is 14.8 Å². The van der Waals surface area contributed by atoms with E-state index in [2.05, 4.69) is 19.2 Å². The molecule has 1 amide bonds. The molecule has 1 heterocycles. The minimum absolute atomic E-state index is 0.164. The van der Waals surface area contributed by atoms with Gasteiger partial charge in [-0.05, 0) is 49.1 Å². The van der Waals surface area contributed by atoms with E-state index >= 15 is 0 Å². The summed E-state index contributed by atoms with van der Waals surface area (Å²) >= 11 is 0. The summed E-state index contributed by atoms with van der Waals surface area (Å²) in [5.74, 6) is 1.67. The summed E-state index contributed by atoms with van der Waals surface area (Å²) in [7, 11) is 0. The summed E-state index contributed by atoms with van der Waals surface area (Å²) in [5, 5.41) is 2.91. The van der Waals surface area contributed by atoms with Crippen molar-refractivity contribution in [3.63, 3.8) is 0 Å². The second-order valence-corrected chi connectivity index (χ2v) is 7.16. The first kappa shape index (κ1) is 19.2. The summed E-state index contributed by atoms with van der Waals surface area (Å²) in [4.78, 5) is 12.6. The molecule has 1 aliphatic heterocycles. The monoisotopic (exact) mass is 369 g/mol. The van der Waals surface area contributed by atoms with Crippen LogP contribution in [-0.2, 0) is 4.74 Å². The van der Waals surface area contributed by atoms with E-state index in [0.29, 0.717) is 36.1 Å².